The molecule has 0 saturated carbocycles. The van der Waals surface area contributed by atoms with E-state index in [0.717, 1.165) is 6.26 Å². The summed E-state index contributed by atoms with van der Waals surface area (Å²) in [6, 6.07) is 3.97. The SMILES string of the molecule is CS(=O)(=O)N1CCC(C(=O)Nc2ccc(F)c(Cl)c2)CC1. The van der Waals surface area contributed by atoms with Crippen LogP contribution in [0.15, 0.2) is 18.2 Å². The van der Waals surface area contributed by atoms with Gasteiger partial charge in [-0.05, 0) is 31.0 Å². The Morgan fingerprint density at radius 1 is 1.38 bits per heavy atom. The van der Waals surface area contributed by atoms with Gasteiger partial charge in [0.1, 0.15) is 5.82 Å². The van der Waals surface area contributed by atoms with E-state index in [0.29, 0.717) is 31.6 Å². The third-order valence-corrected chi connectivity index (χ3v) is 5.07. The molecule has 0 spiro atoms. The zero-order valence-electron chi connectivity index (χ0n) is 11.5. The lowest BCUT2D eigenvalue weighted by molar-refractivity contribution is -0.120. The molecule has 1 aromatic rings. The van der Waals surface area contributed by atoms with Crippen LogP contribution in [0.2, 0.25) is 5.02 Å². The summed E-state index contributed by atoms with van der Waals surface area (Å²) in [7, 11) is -3.20. The predicted molar refractivity (Wildman–Crippen MR) is 79.2 cm³/mol. The molecule has 0 unspecified atom stereocenters. The van der Waals surface area contributed by atoms with Crippen molar-refractivity contribution >= 4 is 33.2 Å². The maximum absolute atomic E-state index is 13.0. The van der Waals surface area contributed by atoms with E-state index in [9.17, 15) is 17.6 Å². The highest BCUT2D eigenvalue weighted by Gasteiger charge is 2.28. The molecule has 0 aromatic heterocycles. The Bertz CT molecular complexity index is 643. The van der Waals surface area contributed by atoms with E-state index in [1.165, 1.54) is 22.5 Å². The molecule has 5 nitrogen and oxygen atoms in total. The van der Waals surface area contributed by atoms with Crippen molar-refractivity contribution < 1.29 is 17.6 Å². The van der Waals surface area contributed by atoms with E-state index in [1.54, 1.807) is 0 Å². The number of halogens is 2. The smallest absolute Gasteiger partial charge is 0.227 e. The number of carbonyl (C=O) groups is 1. The van der Waals surface area contributed by atoms with Gasteiger partial charge in [0.25, 0.3) is 0 Å². The lowest BCUT2D eigenvalue weighted by atomic mass is 9.97. The fourth-order valence-electron chi connectivity index (χ4n) is 2.27. The number of nitrogens with one attached hydrogen (secondary N) is 1. The van der Waals surface area contributed by atoms with Gasteiger partial charge in [0.05, 0.1) is 11.3 Å². The van der Waals surface area contributed by atoms with E-state index < -0.39 is 15.8 Å². The summed E-state index contributed by atoms with van der Waals surface area (Å²) in [6.07, 6.45) is 2.09. The zero-order chi connectivity index (χ0) is 15.6. The Morgan fingerprint density at radius 3 is 2.52 bits per heavy atom. The van der Waals surface area contributed by atoms with Gasteiger partial charge in [-0.15, -0.1) is 0 Å². The molecule has 0 bridgehead atoms. The van der Waals surface area contributed by atoms with Crippen LogP contribution in [-0.2, 0) is 14.8 Å². The van der Waals surface area contributed by atoms with Crippen LogP contribution in [0.25, 0.3) is 0 Å². The molecule has 1 N–H and O–H groups in total. The Hall–Kier alpha value is -1.18. The summed E-state index contributed by atoms with van der Waals surface area (Å²) < 4.78 is 37.2. The lowest BCUT2D eigenvalue weighted by Crippen LogP contribution is -2.40. The minimum absolute atomic E-state index is 0.0558. The molecule has 116 valence electrons. The van der Waals surface area contributed by atoms with E-state index in [-0.39, 0.29) is 16.8 Å². The number of nitrogens with zero attached hydrogens (tertiary/aromatic N) is 1. The van der Waals surface area contributed by atoms with Gasteiger partial charge in [0.2, 0.25) is 15.9 Å². The molecule has 1 aliphatic heterocycles. The standard InChI is InChI=1S/C13H16ClFN2O3S/c1-21(19,20)17-6-4-9(5-7-17)13(18)16-10-2-3-12(15)11(14)8-10/h2-3,8-9H,4-7H2,1H3,(H,16,18). The second-order valence-electron chi connectivity index (χ2n) is 5.05. The molecule has 8 heteroatoms. The van der Waals surface area contributed by atoms with Gasteiger partial charge in [0.15, 0.2) is 0 Å². The van der Waals surface area contributed by atoms with Gasteiger partial charge in [-0.25, -0.2) is 17.1 Å². The monoisotopic (exact) mass is 334 g/mol. The molecule has 0 aliphatic carbocycles. The minimum atomic E-state index is -3.20. The van der Waals surface area contributed by atoms with Crippen LogP contribution in [0.4, 0.5) is 10.1 Å². The fraction of sp³-hybridized carbons (Fsp3) is 0.462. The Balaban J connectivity index is 1.95. The summed E-state index contributed by atoms with van der Waals surface area (Å²) >= 11 is 5.65. The number of amides is 1. The maximum atomic E-state index is 13.0. The van der Waals surface area contributed by atoms with Gasteiger partial charge in [-0.2, -0.15) is 0 Å². The summed E-state index contributed by atoms with van der Waals surface area (Å²) in [4.78, 5) is 12.1. The molecular weight excluding hydrogens is 319 g/mol. The summed E-state index contributed by atoms with van der Waals surface area (Å²) in [5.41, 5.74) is 0.428. The second kappa shape index (κ2) is 6.29. The maximum Gasteiger partial charge on any atom is 0.227 e. The number of hydrogen-bond donors (Lipinski definition) is 1. The van der Waals surface area contributed by atoms with E-state index in [1.807, 2.05) is 0 Å². The number of carbonyl (C=O) groups excluding carboxylic acids is 1. The van der Waals surface area contributed by atoms with Gasteiger partial charge < -0.3 is 5.32 Å². The quantitative estimate of drug-likeness (QED) is 0.920. The highest BCUT2D eigenvalue weighted by Crippen LogP contribution is 2.23. The molecule has 1 saturated heterocycles. The number of sulfonamides is 1. The van der Waals surface area contributed by atoms with Crippen LogP contribution in [0.1, 0.15) is 12.8 Å². The minimum Gasteiger partial charge on any atom is -0.326 e. The van der Waals surface area contributed by atoms with Crippen molar-refractivity contribution in [1.29, 1.82) is 0 Å². The summed E-state index contributed by atoms with van der Waals surface area (Å²) in [5, 5.41) is 2.62. The van der Waals surface area contributed by atoms with Crippen LogP contribution < -0.4 is 5.32 Å². The van der Waals surface area contributed by atoms with E-state index in [2.05, 4.69) is 5.32 Å². The van der Waals surface area contributed by atoms with Crippen molar-refractivity contribution in [2.45, 2.75) is 12.8 Å². The molecule has 2 rings (SSSR count). The van der Waals surface area contributed by atoms with Gasteiger partial charge in [-0.3, -0.25) is 4.79 Å². The Morgan fingerprint density at radius 2 is 2.00 bits per heavy atom. The topological polar surface area (TPSA) is 66.5 Å². The van der Waals surface area contributed by atoms with Gasteiger partial charge in [-0.1, -0.05) is 11.6 Å². The number of hydrogen-bond acceptors (Lipinski definition) is 3. The first-order valence-electron chi connectivity index (χ1n) is 6.48. The van der Waals surface area contributed by atoms with E-state index in [4.69, 9.17) is 11.6 Å². The summed E-state index contributed by atoms with van der Waals surface area (Å²) in [5.74, 6) is -1.01. The first kappa shape index (κ1) is 16.2. The Labute approximate surface area is 128 Å². The summed E-state index contributed by atoms with van der Waals surface area (Å²) in [6.45, 7) is 0.669. The fourth-order valence-corrected chi connectivity index (χ4v) is 3.32. The van der Waals surface area contributed by atoms with Crippen LogP contribution in [0.3, 0.4) is 0 Å². The second-order valence-corrected chi connectivity index (χ2v) is 7.44. The molecule has 1 fully saturated rings. The largest absolute Gasteiger partial charge is 0.326 e. The van der Waals surface area contributed by atoms with Gasteiger partial charge in [0, 0.05) is 24.7 Å². The molecule has 21 heavy (non-hydrogen) atoms. The predicted octanol–water partition coefficient (Wildman–Crippen LogP) is 2.09. The number of rotatable bonds is 3. The zero-order valence-corrected chi connectivity index (χ0v) is 13.0. The van der Waals surface area contributed by atoms with Crippen molar-refractivity contribution in [2.75, 3.05) is 24.7 Å². The van der Waals surface area contributed by atoms with Crippen molar-refractivity contribution in [2.24, 2.45) is 5.92 Å². The highest BCUT2D eigenvalue weighted by atomic mass is 35.5. The van der Waals surface area contributed by atoms with Crippen LogP contribution >= 0.6 is 11.6 Å². The Kier molecular flexibility index (Phi) is 4.85. The lowest BCUT2D eigenvalue weighted by Gasteiger charge is -2.29. The van der Waals surface area contributed by atoms with Gasteiger partial charge >= 0.3 is 0 Å². The third-order valence-electron chi connectivity index (χ3n) is 3.48. The van der Waals surface area contributed by atoms with Crippen LogP contribution in [0, 0.1) is 11.7 Å². The normalized spacial score (nSPS) is 17.7. The molecule has 1 aromatic carbocycles. The number of benzene rings is 1. The van der Waals surface area contributed by atoms with Crippen molar-refractivity contribution in [3.63, 3.8) is 0 Å². The van der Waals surface area contributed by atoms with Crippen LogP contribution in [-0.4, -0.2) is 38.0 Å². The first-order valence-corrected chi connectivity index (χ1v) is 8.71. The molecule has 1 aliphatic rings. The highest BCUT2D eigenvalue weighted by molar-refractivity contribution is 7.88. The molecule has 1 amide bonds. The average Bonchev–Trinajstić information content (AvgIpc) is 2.42. The number of piperidine rings is 1. The van der Waals surface area contributed by atoms with Crippen LogP contribution in [0.5, 0.6) is 0 Å². The van der Waals surface area contributed by atoms with E-state index >= 15 is 0 Å². The number of anilines is 1. The molecular formula is C13H16ClFN2O3S. The van der Waals surface area contributed by atoms with Crippen molar-refractivity contribution in [3.05, 3.63) is 29.0 Å². The first-order chi connectivity index (χ1) is 9.77. The third kappa shape index (κ3) is 4.15. The van der Waals surface area contributed by atoms with Crippen molar-refractivity contribution in [1.82, 2.24) is 4.31 Å². The molecule has 0 radical (unpaired) electrons. The van der Waals surface area contributed by atoms with Crippen molar-refractivity contribution in [3.8, 4) is 0 Å². The molecule has 1 heterocycles. The molecule has 0 atom stereocenters. The average molecular weight is 335 g/mol.